The fourth-order valence-electron chi connectivity index (χ4n) is 2.43. The van der Waals surface area contributed by atoms with Gasteiger partial charge in [-0.2, -0.15) is 0 Å². The van der Waals surface area contributed by atoms with Crippen LogP contribution in [-0.2, 0) is 9.59 Å². The van der Waals surface area contributed by atoms with Gasteiger partial charge in [0.2, 0.25) is 0 Å². The highest BCUT2D eigenvalue weighted by atomic mass is 79.9. The summed E-state index contributed by atoms with van der Waals surface area (Å²) in [6.07, 6.45) is 1.51. The van der Waals surface area contributed by atoms with E-state index in [1.54, 1.807) is 36.4 Å². The smallest absolute Gasteiger partial charge is 0.282 e. The van der Waals surface area contributed by atoms with Crippen molar-refractivity contribution in [1.82, 2.24) is 5.43 Å². The van der Waals surface area contributed by atoms with Gasteiger partial charge in [0, 0.05) is 0 Å². The summed E-state index contributed by atoms with van der Waals surface area (Å²) in [4.78, 5) is 24.8. The molecule has 0 saturated carbocycles. The van der Waals surface area contributed by atoms with Crippen LogP contribution in [0.15, 0.2) is 52.5 Å². The average molecular weight is 422 g/mol. The van der Waals surface area contributed by atoms with Crippen LogP contribution in [0.5, 0.6) is 5.75 Å². The number of anilines is 1. The molecule has 2 aromatic carbocycles. The highest BCUT2D eigenvalue weighted by Gasteiger charge is 2.34. The summed E-state index contributed by atoms with van der Waals surface area (Å²) >= 11 is 9.61. The molecule has 1 aliphatic heterocycles. The van der Waals surface area contributed by atoms with Crippen LogP contribution in [0.2, 0.25) is 5.02 Å². The lowest BCUT2D eigenvalue weighted by Gasteiger charge is -2.13. The lowest BCUT2D eigenvalue weighted by Crippen LogP contribution is -2.35. The number of ether oxygens (including phenoxy) is 1. The lowest BCUT2D eigenvalue weighted by atomic mass is 10.1. The Labute approximate surface area is 158 Å². The third kappa shape index (κ3) is 3.55. The second kappa shape index (κ2) is 7.29. The number of benzene rings is 2. The molecule has 0 aliphatic carbocycles. The molecule has 0 atom stereocenters. The first-order valence-electron chi connectivity index (χ1n) is 7.55. The van der Waals surface area contributed by atoms with Crippen LogP contribution in [0.4, 0.5) is 5.69 Å². The van der Waals surface area contributed by atoms with Crippen LogP contribution < -0.4 is 15.2 Å². The van der Waals surface area contributed by atoms with Crippen LogP contribution in [0.3, 0.4) is 0 Å². The SMILES string of the molecule is CCOc1c(Cl)cc(C=C2C(=O)NN(c3ccccc3)C2=O)cc1Br. The molecule has 1 saturated heterocycles. The number of para-hydroxylation sites is 1. The summed E-state index contributed by atoms with van der Waals surface area (Å²) in [6.45, 7) is 2.34. The predicted octanol–water partition coefficient (Wildman–Crippen LogP) is 3.96. The van der Waals surface area contributed by atoms with Gasteiger partial charge < -0.3 is 4.74 Å². The van der Waals surface area contributed by atoms with Gasteiger partial charge in [0.25, 0.3) is 11.8 Å². The normalized spacial score (nSPS) is 15.6. The molecule has 25 heavy (non-hydrogen) atoms. The first kappa shape index (κ1) is 17.5. The summed E-state index contributed by atoms with van der Waals surface area (Å²) in [5, 5.41) is 1.62. The Morgan fingerprint density at radius 3 is 2.60 bits per heavy atom. The summed E-state index contributed by atoms with van der Waals surface area (Å²) in [6, 6.07) is 12.3. The largest absolute Gasteiger partial charge is 0.491 e. The maximum absolute atomic E-state index is 12.6. The fraction of sp³-hybridized carbons (Fsp3) is 0.111. The van der Waals surface area contributed by atoms with E-state index in [0.29, 0.717) is 33.1 Å². The summed E-state index contributed by atoms with van der Waals surface area (Å²) < 4.78 is 6.11. The Bertz CT molecular complexity index is 845. The minimum Gasteiger partial charge on any atom is -0.491 e. The Balaban J connectivity index is 1.94. The highest BCUT2D eigenvalue weighted by molar-refractivity contribution is 9.10. The van der Waals surface area contributed by atoms with Gasteiger partial charge in [-0.3, -0.25) is 15.0 Å². The molecule has 7 heteroatoms. The zero-order valence-electron chi connectivity index (χ0n) is 13.3. The molecule has 128 valence electrons. The van der Waals surface area contributed by atoms with Gasteiger partial charge in [-0.25, -0.2) is 5.01 Å². The van der Waals surface area contributed by atoms with Crippen LogP contribution in [0.25, 0.3) is 6.08 Å². The number of rotatable bonds is 4. The van der Waals surface area contributed by atoms with E-state index in [4.69, 9.17) is 16.3 Å². The zero-order valence-corrected chi connectivity index (χ0v) is 15.6. The van der Waals surface area contributed by atoms with Crippen molar-refractivity contribution in [2.75, 3.05) is 11.6 Å². The molecule has 2 aromatic rings. The van der Waals surface area contributed by atoms with Crippen molar-refractivity contribution in [1.29, 1.82) is 0 Å². The first-order valence-corrected chi connectivity index (χ1v) is 8.72. The number of halogens is 2. The van der Waals surface area contributed by atoms with E-state index in [0.717, 1.165) is 0 Å². The number of hydrogen-bond donors (Lipinski definition) is 1. The van der Waals surface area contributed by atoms with Crippen molar-refractivity contribution in [3.63, 3.8) is 0 Å². The lowest BCUT2D eigenvalue weighted by molar-refractivity contribution is -0.117. The maximum Gasteiger partial charge on any atom is 0.282 e. The standard InChI is InChI=1S/C18H14BrClN2O3/c1-2-25-16-14(19)9-11(10-15(16)20)8-13-17(23)21-22(18(13)24)12-6-4-3-5-7-12/h3-10H,2H2,1H3,(H,21,23). The number of hydrogen-bond acceptors (Lipinski definition) is 3. The van der Waals surface area contributed by atoms with Gasteiger partial charge >= 0.3 is 0 Å². The van der Waals surface area contributed by atoms with Crippen molar-refractivity contribution in [2.45, 2.75) is 6.92 Å². The molecule has 2 amide bonds. The molecule has 1 aliphatic rings. The maximum atomic E-state index is 12.6. The van der Waals surface area contributed by atoms with Gasteiger partial charge in [-0.1, -0.05) is 29.8 Å². The second-order valence-electron chi connectivity index (χ2n) is 5.22. The predicted molar refractivity (Wildman–Crippen MR) is 100 cm³/mol. The van der Waals surface area contributed by atoms with E-state index in [2.05, 4.69) is 21.4 Å². The second-order valence-corrected chi connectivity index (χ2v) is 6.48. The Hall–Kier alpha value is -2.31. The molecule has 1 N–H and O–H groups in total. The Morgan fingerprint density at radius 1 is 1.24 bits per heavy atom. The van der Waals surface area contributed by atoms with Crippen LogP contribution >= 0.6 is 27.5 Å². The molecule has 1 heterocycles. The number of amides is 2. The summed E-state index contributed by atoms with van der Waals surface area (Å²) in [5.41, 5.74) is 3.81. The van der Waals surface area contributed by atoms with E-state index in [1.807, 2.05) is 13.0 Å². The van der Waals surface area contributed by atoms with Crippen LogP contribution in [0, 0.1) is 0 Å². The average Bonchev–Trinajstić information content (AvgIpc) is 2.87. The van der Waals surface area contributed by atoms with Crippen LogP contribution in [-0.4, -0.2) is 18.4 Å². The van der Waals surface area contributed by atoms with E-state index >= 15 is 0 Å². The molecular weight excluding hydrogens is 408 g/mol. The molecule has 0 unspecified atom stereocenters. The minimum absolute atomic E-state index is 0.0379. The van der Waals surface area contributed by atoms with Gasteiger partial charge in [0.05, 0.1) is 21.8 Å². The zero-order chi connectivity index (χ0) is 18.0. The van der Waals surface area contributed by atoms with Gasteiger partial charge in [0.15, 0.2) is 5.75 Å². The molecule has 0 aromatic heterocycles. The summed E-state index contributed by atoms with van der Waals surface area (Å²) in [5.74, 6) is -0.355. The minimum atomic E-state index is -0.463. The van der Waals surface area contributed by atoms with Crippen molar-refractivity contribution >= 4 is 51.1 Å². The molecular formula is C18H14BrClN2O3. The molecule has 1 fully saturated rings. The topological polar surface area (TPSA) is 58.6 Å². The van der Waals surface area contributed by atoms with Gasteiger partial charge in [0.1, 0.15) is 5.57 Å². The first-order chi connectivity index (χ1) is 12.0. The van der Waals surface area contributed by atoms with E-state index in [-0.39, 0.29) is 5.57 Å². The molecule has 3 rings (SSSR count). The monoisotopic (exact) mass is 420 g/mol. The third-order valence-electron chi connectivity index (χ3n) is 3.53. The third-order valence-corrected chi connectivity index (χ3v) is 4.40. The number of nitrogens with one attached hydrogen (secondary N) is 1. The molecule has 5 nitrogen and oxygen atoms in total. The van der Waals surface area contributed by atoms with E-state index < -0.39 is 11.8 Å². The highest BCUT2D eigenvalue weighted by Crippen LogP contribution is 2.35. The van der Waals surface area contributed by atoms with Gasteiger partial charge in [-0.15, -0.1) is 0 Å². The van der Waals surface area contributed by atoms with E-state index in [9.17, 15) is 9.59 Å². The van der Waals surface area contributed by atoms with Crippen molar-refractivity contribution in [2.24, 2.45) is 0 Å². The number of nitrogens with zero attached hydrogens (tertiary/aromatic N) is 1. The number of carbonyl (C=O) groups is 2. The quantitative estimate of drug-likeness (QED) is 0.600. The molecule has 0 bridgehead atoms. The number of hydrazine groups is 1. The van der Waals surface area contributed by atoms with Crippen molar-refractivity contribution < 1.29 is 14.3 Å². The van der Waals surface area contributed by atoms with Crippen molar-refractivity contribution in [3.8, 4) is 5.75 Å². The van der Waals surface area contributed by atoms with Gasteiger partial charge in [-0.05, 0) is 58.8 Å². The Morgan fingerprint density at radius 2 is 1.96 bits per heavy atom. The molecule has 0 radical (unpaired) electrons. The Kier molecular flexibility index (Phi) is 5.11. The van der Waals surface area contributed by atoms with Crippen LogP contribution in [0.1, 0.15) is 12.5 Å². The summed E-state index contributed by atoms with van der Waals surface area (Å²) in [7, 11) is 0. The van der Waals surface area contributed by atoms with E-state index in [1.165, 1.54) is 11.1 Å². The molecule has 0 spiro atoms. The fourth-order valence-corrected chi connectivity index (χ4v) is 3.42. The number of carbonyl (C=O) groups excluding carboxylic acids is 2. The van der Waals surface area contributed by atoms with Crippen molar-refractivity contribution in [3.05, 3.63) is 63.1 Å².